The Kier molecular flexibility index (Phi) is 5.63. The first-order chi connectivity index (χ1) is 13.4. The lowest BCUT2D eigenvalue weighted by Gasteiger charge is -2.16. The lowest BCUT2D eigenvalue weighted by molar-refractivity contribution is -0.134. The van der Waals surface area contributed by atoms with Gasteiger partial charge in [0.05, 0.1) is 7.11 Å². The minimum absolute atomic E-state index is 0.165. The maximum Gasteiger partial charge on any atom is 0.240 e. The van der Waals surface area contributed by atoms with Crippen LogP contribution in [0.1, 0.15) is 25.3 Å². The molecule has 0 bridgehead atoms. The molecule has 1 aliphatic carbocycles. The number of carbonyl (C=O) groups excluding carboxylic acids is 3. The summed E-state index contributed by atoms with van der Waals surface area (Å²) in [7, 11) is 1.60. The summed E-state index contributed by atoms with van der Waals surface area (Å²) in [5.41, 5.74) is 1.14. The molecular weight excluding hydrogens is 358 g/mol. The van der Waals surface area contributed by atoms with Crippen molar-refractivity contribution in [2.45, 2.75) is 26.3 Å². The van der Waals surface area contributed by atoms with Gasteiger partial charge in [-0.15, -0.1) is 0 Å². The van der Waals surface area contributed by atoms with Gasteiger partial charge >= 0.3 is 0 Å². The summed E-state index contributed by atoms with van der Waals surface area (Å²) in [4.78, 5) is 36.3. The number of rotatable bonds is 7. The maximum atomic E-state index is 12.6. The summed E-state index contributed by atoms with van der Waals surface area (Å²) in [6, 6.07) is 14.2. The highest BCUT2D eigenvalue weighted by molar-refractivity contribution is 6.13. The van der Waals surface area contributed by atoms with Gasteiger partial charge in [-0.05, 0) is 54.8 Å². The van der Waals surface area contributed by atoms with Crippen molar-refractivity contribution in [2.75, 3.05) is 17.7 Å². The third kappa shape index (κ3) is 4.49. The largest absolute Gasteiger partial charge is 0.497 e. The molecule has 7 heteroatoms. The highest BCUT2D eigenvalue weighted by Gasteiger charge is 2.56. The molecule has 1 aliphatic rings. The Morgan fingerprint density at radius 1 is 0.893 bits per heavy atom. The van der Waals surface area contributed by atoms with E-state index >= 15 is 0 Å². The quantitative estimate of drug-likeness (QED) is 0.643. The first-order valence-corrected chi connectivity index (χ1v) is 9.03. The van der Waals surface area contributed by atoms with Crippen LogP contribution in [0.4, 0.5) is 11.4 Å². The van der Waals surface area contributed by atoms with E-state index in [4.69, 9.17) is 4.74 Å². The number of methoxy groups -OCH3 is 1. The topological polar surface area (TPSA) is 96.5 Å². The molecule has 0 aromatic heterocycles. The van der Waals surface area contributed by atoms with E-state index in [1.807, 2.05) is 24.3 Å². The Morgan fingerprint density at radius 2 is 1.46 bits per heavy atom. The van der Waals surface area contributed by atoms with E-state index in [0.717, 1.165) is 11.3 Å². The highest BCUT2D eigenvalue weighted by Crippen LogP contribution is 2.47. The molecule has 7 nitrogen and oxygen atoms in total. The van der Waals surface area contributed by atoms with Crippen LogP contribution in [0.25, 0.3) is 0 Å². The lowest BCUT2D eigenvalue weighted by Crippen LogP contribution is -2.39. The molecule has 0 saturated heterocycles. The average Bonchev–Trinajstić information content (AvgIpc) is 3.50. The molecule has 2 aromatic carbocycles. The Balaban J connectivity index is 1.56. The van der Waals surface area contributed by atoms with Crippen LogP contribution in [0.2, 0.25) is 0 Å². The van der Waals surface area contributed by atoms with E-state index in [-0.39, 0.29) is 17.7 Å². The van der Waals surface area contributed by atoms with Crippen LogP contribution in [0.5, 0.6) is 5.75 Å². The fourth-order valence-corrected chi connectivity index (χ4v) is 2.87. The van der Waals surface area contributed by atoms with Crippen molar-refractivity contribution < 1.29 is 19.1 Å². The molecule has 3 rings (SSSR count). The van der Waals surface area contributed by atoms with Gasteiger partial charge in [0.2, 0.25) is 17.7 Å². The average molecular weight is 381 g/mol. The Labute approximate surface area is 163 Å². The van der Waals surface area contributed by atoms with Crippen LogP contribution >= 0.6 is 0 Å². The van der Waals surface area contributed by atoms with Crippen molar-refractivity contribution >= 4 is 29.1 Å². The summed E-state index contributed by atoms with van der Waals surface area (Å²) < 4.78 is 5.11. The lowest BCUT2D eigenvalue weighted by atomic mass is 10.0. The second-order valence-electron chi connectivity index (χ2n) is 6.83. The molecule has 1 fully saturated rings. The van der Waals surface area contributed by atoms with Gasteiger partial charge in [-0.3, -0.25) is 14.4 Å². The Morgan fingerprint density at radius 3 is 1.96 bits per heavy atom. The summed E-state index contributed by atoms with van der Waals surface area (Å²) in [5.74, 6) is 0.00239. The number of ether oxygens (including phenoxy) is 1. The molecule has 0 spiro atoms. The number of hydrogen-bond acceptors (Lipinski definition) is 4. The molecule has 0 heterocycles. The fraction of sp³-hybridized carbons (Fsp3) is 0.286. The van der Waals surface area contributed by atoms with E-state index in [0.29, 0.717) is 30.8 Å². The van der Waals surface area contributed by atoms with Crippen LogP contribution in [0.3, 0.4) is 0 Å². The molecule has 1 saturated carbocycles. The number of nitrogens with one attached hydrogen (secondary N) is 3. The smallest absolute Gasteiger partial charge is 0.240 e. The molecule has 2 aromatic rings. The van der Waals surface area contributed by atoms with Crippen molar-refractivity contribution in [3.05, 3.63) is 54.1 Å². The molecule has 3 N–H and O–H groups in total. The van der Waals surface area contributed by atoms with Gasteiger partial charge in [0.1, 0.15) is 11.2 Å². The Hall–Kier alpha value is -3.35. The van der Waals surface area contributed by atoms with Crippen LogP contribution in [0.15, 0.2) is 48.5 Å². The van der Waals surface area contributed by atoms with E-state index < -0.39 is 5.41 Å². The molecule has 0 aliphatic heterocycles. The molecule has 3 amide bonds. The van der Waals surface area contributed by atoms with Gasteiger partial charge in [-0.1, -0.05) is 12.1 Å². The van der Waals surface area contributed by atoms with Crippen molar-refractivity contribution in [1.29, 1.82) is 0 Å². The normalized spacial score (nSPS) is 13.9. The van der Waals surface area contributed by atoms with E-state index in [1.165, 1.54) is 6.92 Å². The predicted octanol–water partition coefficient (Wildman–Crippen LogP) is 2.69. The summed E-state index contributed by atoms with van der Waals surface area (Å²) >= 11 is 0. The number of amides is 3. The summed E-state index contributed by atoms with van der Waals surface area (Å²) in [5, 5.41) is 8.30. The van der Waals surface area contributed by atoms with E-state index in [2.05, 4.69) is 16.0 Å². The van der Waals surface area contributed by atoms with Gasteiger partial charge in [0.15, 0.2) is 0 Å². The van der Waals surface area contributed by atoms with Gasteiger partial charge in [0.25, 0.3) is 0 Å². The van der Waals surface area contributed by atoms with Crippen LogP contribution < -0.4 is 20.7 Å². The number of hydrogen-bond donors (Lipinski definition) is 3. The second kappa shape index (κ2) is 8.12. The standard InChI is InChI=1S/C21H23N3O4/c1-14(25)23-16-5-7-17(8-6-16)24-20(27)21(11-12-21)19(26)22-13-15-3-9-18(28-2)10-4-15/h3-10H,11-13H2,1-2H3,(H,22,26)(H,23,25)(H,24,27). The molecule has 28 heavy (non-hydrogen) atoms. The summed E-state index contributed by atoms with van der Waals surface area (Å²) in [6.07, 6.45) is 1.05. The third-order valence-electron chi connectivity index (χ3n) is 4.69. The van der Waals surface area contributed by atoms with Gasteiger partial charge in [-0.25, -0.2) is 0 Å². The minimum atomic E-state index is -1.01. The first kappa shape index (κ1) is 19.4. The highest BCUT2D eigenvalue weighted by atomic mass is 16.5. The van der Waals surface area contributed by atoms with E-state index in [9.17, 15) is 14.4 Å². The van der Waals surface area contributed by atoms with Crippen molar-refractivity contribution in [3.63, 3.8) is 0 Å². The predicted molar refractivity (Wildman–Crippen MR) is 106 cm³/mol. The molecule has 0 unspecified atom stereocenters. The number of anilines is 2. The second-order valence-corrected chi connectivity index (χ2v) is 6.83. The zero-order chi connectivity index (χ0) is 20.1. The Bertz CT molecular complexity index is 872. The number of carbonyl (C=O) groups is 3. The van der Waals surface area contributed by atoms with Gasteiger partial charge < -0.3 is 20.7 Å². The maximum absolute atomic E-state index is 12.6. The van der Waals surface area contributed by atoms with Gasteiger partial charge in [-0.2, -0.15) is 0 Å². The molecule has 146 valence electrons. The van der Waals surface area contributed by atoms with Crippen molar-refractivity contribution in [1.82, 2.24) is 5.32 Å². The van der Waals surface area contributed by atoms with Crippen LogP contribution in [-0.4, -0.2) is 24.8 Å². The van der Waals surface area contributed by atoms with Crippen molar-refractivity contribution in [3.8, 4) is 5.75 Å². The zero-order valence-corrected chi connectivity index (χ0v) is 15.9. The zero-order valence-electron chi connectivity index (χ0n) is 15.9. The third-order valence-corrected chi connectivity index (χ3v) is 4.69. The molecule has 0 radical (unpaired) electrons. The van der Waals surface area contributed by atoms with Crippen LogP contribution in [0, 0.1) is 5.41 Å². The molecule has 0 atom stereocenters. The summed E-state index contributed by atoms with van der Waals surface area (Å²) in [6.45, 7) is 1.78. The van der Waals surface area contributed by atoms with Crippen LogP contribution in [-0.2, 0) is 20.9 Å². The first-order valence-electron chi connectivity index (χ1n) is 9.03. The van der Waals surface area contributed by atoms with E-state index in [1.54, 1.807) is 31.4 Å². The van der Waals surface area contributed by atoms with Crippen molar-refractivity contribution in [2.24, 2.45) is 5.41 Å². The fourth-order valence-electron chi connectivity index (χ4n) is 2.87. The monoisotopic (exact) mass is 381 g/mol. The minimum Gasteiger partial charge on any atom is -0.497 e. The van der Waals surface area contributed by atoms with Gasteiger partial charge in [0, 0.05) is 24.8 Å². The number of benzene rings is 2. The molecular formula is C21H23N3O4. The SMILES string of the molecule is COc1ccc(CNC(=O)C2(C(=O)Nc3ccc(NC(C)=O)cc3)CC2)cc1.